The SMILES string of the molecule is Cc1c(-c2ccc(O[C@H]3C[C@H]4CCC[C@@H](C3)N4C(=O)[C@H]3CCCO3)cc2)ccc2cccnc12. The lowest BCUT2D eigenvalue weighted by atomic mass is 9.82. The van der Waals surface area contributed by atoms with E-state index in [1.807, 2.05) is 12.3 Å². The lowest BCUT2D eigenvalue weighted by Gasteiger charge is -2.49. The molecule has 3 aliphatic rings. The lowest BCUT2D eigenvalue weighted by Crippen LogP contribution is -2.59. The van der Waals surface area contributed by atoms with Crippen LogP contribution in [0.15, 0.2) is 54.7 Å². The van der Waals surface area contributed by atoms with Crippen molar-refractivity contribution in [3.63, 3.8) is 0 Å². The van der Waals surface area contributed by atoms with Crippen LogP contribution in [0.1, 0.15) is 50.5 Å². The third-order valence-electron chi connectivity index (χ3n) is 7.89. The number of aryl methyl sites for hydroxylation is 1. The number of amides is 1. The summed E-state index contributed by atoms with van der Waals surface area (Å²) in [6.07, 6.45) is 8.81. The van der Waals surface area contributed by atoms with Crippen LogP contribution in [0.25, 0.3) is 22.0 Å². The van der Waals surface area contributed by atoms with Crippen LogP contribution in [-0.2, 0) is 9.53 Å². The number of aromatic nitrogens is 1. The monoisotopic (exact) mass is 456 g/mol. The van der Waals surface area contributed by atoms with E-state index in [1.165, 1.54) is 28.5 Å². The molecule has 1 aromatic heterocycles. The van der Waals surface area contributed by atoms with E-state index in [0.717, 1.165) is 56.4 Å². The van der Waals surface area contributed by atoms with Gasteiger partial charge in [0.05, 0.1) is 5.52 Å². The van der Waals surface area contributed by atoms with Gasteiger partial charge in [-0.2, -0.15) is 0 Å². The number of carbonyl (C=O) groups is 1. The van der Waals surface area contributed by atoms with Gasteiger partial charge in [0.25, 0.3) is 5.91 Å². The van der Waals surface area contributed by atoms with Crippen LogP contribution in [0.4, 0.5) is 0 Å². The number of rotatable bonds is 4. The Kier molecular flexibility index (Phi) is 5.74. The topological polar surface area (TPSA) is 51.7 Å². The van der Waals surface area contributed by atoms with Gasteiger partial charge in [-0.25, -0.2) is 0 Å². The number of fused-ring (bicyclic) bond motifs is 3. The van der Waals surface area contributed by atoms with Crippen LogP contribution in [0.2, 0.25) is 0 Å². The molecule has 176 valence electrons. The van der Waals surface area contributed by atoms with E-state index < -0.39 is 0 Å². The van der Waals surface area contributed by atoms with Gasteiger partial charge in [-0.15, -0.1) is 0 Å². The second-order valence-corrected chi connectivity index (χ2v) is 10.0. The predicted octanol–water partition coefficient (Wildman–Crippen LogP) is 5.68. The second kappa shape index (κ2) is 9.03. The van der Waals surface area contributed by atoms with E-state index in [4.69, 9.17) is 9.47 Å². The van der Waals surface area contributed by atoms with E-state index in [-0.39, 0.29) is 30.2 Å². The number of piperidine rings is 2. The molecule has 3 saturated heterocycles. The quantitative estimate of drug-likeness (QED) is 0.507. The third-order valence-corrected chi connectivity index (χ3v) is 7.89. The third kappa shape index (κ3) is 3.96. The van der Waals surface area contributed by atoms with E-state index in [9.17, 15) is 4.79 Å². The smallest absolute Gasteiger partial charge is 0.252 e. The standard InChI is InChI=1S/C29H32N2O3/c1-19-26(14-11-21-5-3-15-30-28(19)21)20-9-12-24(13-10-20)34-25-17-22-6-2-7-23(18-25)31(22)29(32)27-8-4-16-33-27/h3,5,9-15,22-23,25,27H,2,4,6-8,16-18H2,1H3/t22-,23+,25+,27-/m1/s1. The Morgan fingerprint density at radius 1 is 1.00 bits per heavy atom. The van der Waals surface area contributed by atoms with Crippen LogP contribution in [0, 0.1) is 6.92 Å². The molecule has 0 aliphatic carbocycles. The van der Waals surface area contributed by atoms with E-state index in [2.05, 4.69) is 59.3 Å². The summed E-state index contributed by atoms with van der Waals surface area (Å²) in [6, 6.07) is 17.4. The van der Waals surface area contributed by atoms with E-state index in [0.29, 0.717) is 0 Å². The summed E-state index contributed by atoms with van der Waals surface area (Å²) < 4.78 is 12.2. The fourth-order valence-corrected chi connectivity index (χ4v) is 6.24. The fourth-order valence-electron chi connectivity index (χ4n) is 6.24. The molecule has 0 unspecified atom stereocenters. The average Bonchev–Trinajstić information content (AvgIpc) is 3.39. The second-order valence-electron chi connectivity index (χ2n) is 10.0. The van der Waals surface area contributed by atoms with Crippen molar-refractivity contribution < 1.29 is 14.3 Å². The van der Waals surface area contributed by atoms with Crippen molar-refractivity contribution in [3.05, 3.63) is 60.3 Å². The normalized spacial score (nSPS) is 26.6. The zero-order valence-electron chi connectivity index (χ0n) is 19.8. The largest absolute Gasteiger partial charge is 0.490 e. The molecule has 0 spiro atoms. The van der Waals surface area contributed by atoms with Gasteiger partial charge in [0.2, 0.25) is 0 Å². The number of hydrogen-bond donors (Lipinski definition) is 0. The molecule has 2 bridgehead atoms. The predicted molar refractivity (Wildman–Crippen MR) is 133 cm³/mol. The van der Waals surface area contributed by atoms with Gasteiger partial charge < -0.3 is 14.4 Å². The molecule has 5 nitrogen and oxygen atoms in total. The summed E-state index contributed by atoms with van der Waals surface area (Å²) >= 11 is 0. The Morgan fingerprint density at radius 2 is 1.79 bits per heavy atom. The molecule has 4 heterocycles. The van der Waals surface area contributed by atoms with Crippen LogP contribution in [0.3, 0.4) is 0 Å². The summed E-state index contributed by atoms with van der Waals surface area (Å²) in [5.74, 6) is 1.12. The highest BCUT2D eigenvalue weighted by molar-refractivity contribution is 5.88. The number of pyridine rings is 1. The molecule has 0 radical (unpaired) electrons. The Morgan fingerprint density at radius 3 is 2.53 bits per heavy atom. The summed E-state index contributed by atoms with van der Waals surface area (Å²) in [5.41, 5.74) is 4.62. The van der Waals surface area contributed by atoms with Crippen molar-refractivity contribution in [2.24, 2.45) is 0 Å². The van der Waals surface area contributed by atoms with Gasteiger partial charge in [0.15, 0.2) is 0 Å². The van der Waals surface area contributed by atoms with Gasteiger partial charge in [-0.3, -0.25) is 9.78 Å². The van der Waals surface area contributed by atoms with Crippen molar-refractivity contribution in [2.45, 2.75) is 76.2 Å². The zero-order valence-corrected chi connectivity index (χ0v) is 19.8. The molecule has 34 heavy (non-hydrogen) atoms. The number of ether oxygens (including phenoxy) is 2. The van der Waals surface area contributed by atoms with Crippen LogP contribution < -0.4 is 4.74 Å². The maximum absolute atomic E-state index is 13.1. The van der Waals surface area contributed by atoms with Gasteiger partial charge in [-0.05, 0) is 73.9 Å². The molecular formula is C29H32N2O3. The lowest BCUT2D eigenvalue weighted by molar-refractivity contribution is -0.153. The summed E-state index contributed by atoms with van der Waals surface area (Å²) in [6.45, 7) is 2.86. The molecule has 0 saturated carbocycles. The molecule has 3 aromatic rings. The molecule has 1 amide bonds. The van der Waals surface area contributed by atoms with Crippen molar-refractivity contribution in [1.29, 1.82) is 0 Å². The van der Waals surface area contributed by atoms with E-state index >= 15 is 0 Å². The van der Waals surface area contributed by atoms with Crippen molar-refractivity contribution in [3.8, 4) is 16.9 Å². The molecule has 6 rings (SSSR count). The summed E-state index contributed by atoms with van der Waals surface area (Å²) in [5, 5.41) is 1.17. The minimum absolute atomic E-state index is 0.154. The minimum atomic E-state index is -0.220. The van der Waals surface area contributed by atoms with Crippen LogP contribution >= 0.6 is 0 Å². The maximum atomic E-state index is 13.1. The summed E-state index contributed by atoms with van der Waals surface area (Å²) in [7, 11) is 0. The maximum Gasteiger partial charge on any atom is 0.252 e. The van der Waals surface area contributed by atoms with Crippen molar-refractivity contribution >= 4 is 16.8 Å². The Hall–Kier alpha value is -2.92. The number of hydrogen-bond acceptors (Lipinski definition) is 4. The van der Waals surface area contributed by atoms with Crippen molar-refractivity contribution in [1.82, 2.24) is 9.88 Å². The average molecular weight is 457 g/mol. The number of carbonyl (C=O) groups excluding carboxylic acids is 1. The molecule has 3 fully saturated rings. The molecular weight excluding hydrogens is 424 g/mol. The Bertz CT molecular complexity index is 1170. The molecule has 3 aliphatic heterocycles. The first-order chi connectivity index (χ1) is 16.7. The van der Waals surface area contributed by atoms with Gasteiger partial charge >= 0.3 is 0 Å². The highest BCUT2D eigenvalue weighted by atomic mass is 16.5. The molecule has 4 atom stereocenters. The first-order valence-corrected chi connectivity index (χ1v) is 12.7. The first kappa shape index (κ1) is 21.6. The van der Waals surface area contributed by atoms with Gasteiger partial charge in [0, 0.05) is 43.1 Å². The highest BCUT2D eigenvalue weighted by Crippen LogP contribution is 2.37. The molecule has 0 N–H and O–H groups in total. The number of nitrogens with zero attached hydrogens (tertiary/aromatic N) is 2. The van der Waals surface area contributed by atoms with Crippen LogP contribution in [-0.4, -0.2) is 46.7 Å². The zero-order chi connectivity index (χ0) is 23.1. The van der Waals surface area contributed by atoms with Gasteiger partial charge in [-0.1, -0.05) is 30.3 Å². The Balaban J connectivity index is 1.16. The minimum Gasteiger partial charge on any atom is -0.490 e. The van der Waals surface area contributed by atoms with Crippen molar-refractivity contribution in [2.75, 3.05) is 6.61 Å². The van der Waals surface area contributed by atoms with Gasteiger partial charge in [0.1, 0.15) is 18.0 Å². The molecule has 2 aromatic carbocycles. The Labute approximate surface area is 201 Å². The summed E-state index contributed by atoms with van der Waals surface area (Å²) in [4.78, 5) is 19.9. The van der Waals surface area contributed by atoms with E-state index in [1.54, 1.807) is 0 Å². The fraction of sp³-hybridized carbons (Fsp3) is 0.448. The first-order valence-electron chi connectivity index (χ1n) is 12.7. The highest BCUT2D eigenvalue weighted by Gasteiger charge is 2.44. The number of benzene rings is 2. The van der Waals surface area contributed by atoms with Crippen LogP contribution in [0.5, 0.6) is 5.75 Å². The molecule has 5 heteroatoms.